The molecule has 4 aliphatic rings. The van der Waals surface area contributed by atoms with Crippen LogP contribution in [0, 0.1) is 5.92 Å². The SMILES string of the molecule is CC(C)c1ccc(C2C3=C(OC4CCCCC4C3=O)C(=O)N2CC2CCCO2)cc1. The second-order valence-electron chi connectivity index (χ2n) is 9.47. The summed E-state index contributed by atoms with van der Waals surface area (Å²) in [6, 6.07) is 8.02. The highest BCUT2D eigenvalue weighted by molar-refractivity contribution is 6.11. The van der Waals surface area contributed by atoms with Gasteiger partial charge in [0.25, 0.3) is 5.91 Å². The molecule has 1 aromatic carbocycles. The summed E-state index contributed by atoms with van der Waals surface area (Å²) in [6.07, 6.45) is 5.70. The minimum absolute atomic E-state index is 0.0325. The zero-order valence-electron chi connectivity index (χ0n) is 17.9. The molecule has 0 spiro atoms. The Morgan fingerprint density at radius 3 is 2.50 bits per heavy atom. The summed E-state index contributed by atoms with van der Waals surface area (Å²) in [5.74, 6) is 0.618. The molecule has 5 nitrogen and oxygen atoms in total. The molecule has 0 aromatic heterocycles. The fraction of sp³-hybridized carbons (Fsp3) is 0.600. The molecule has 1 aliphatic carbocycles. The van der Waals surface area contributed by atoms with Gasteiger partial charge in [0.1, 0.15) is 6.10 Å². The van der Waals surface area contributed by atoms with Gasteiger partial charge in [0, 0.05) is 13.2 Å². The van der Waals surface area contributed by atoms with Gasteiger partial charge in [-0.2, -0.15) is 0 Å². The highest BCUT2D eigenvalue weighted by atomic mass is 16.5. The maximum atomic E-state index is 13.6. The molecule has 3 aliphatic heterocycles. The predicted octanol–water partition coefficient (Wildman–Crippen LogP) is 4.28. The van der Waals surface area contributed by atoms with Crippen molar-refractivity contribution < 1.29 is 19.1 Å². The molecule has 4 atom stereocenters. The number of fused-ring (bicyclic) bond motifs is 1. The van der Waals surface area contributed by atoms with Crippen LogP contribution in [0.5, 0.6) is 0 Å². The van der Waals surface area contributed by atoms with Crippen molar-refractivity contribution in [2.24, 2.45) is 5.92 Å². The van der Waals surface area contributed by atoms with E-state index in [9.17, 15) is 9.59 Å². The van der Waals surface area contributed by atoms with Gasteiger partial charge in [-0.1, -0.05) is 44.5 Å². The van der Waals surface area contributed by atoms with Crippen molar-refractivity contribution in [2.45, 2.75) is 76.5 Å². The van der Waals surface area contributed by atoms with Crippen LogP contribution >= 0.6 is 0 Å². The number of carbonyl (C=O) groups is 2. The van der Waals surface area contributed by atoms with Crippen molar-refractivity contribution in [3.63, 3.8) is 0 Å². The van der Waals surface area contributed by atoms with Crippen LogP contribution in [0.15, 0.2) is 35.6 Å². The Morgan fingerprint density at radius 1 is 1.03 bits per heavy atom. The fourth-order valence-corrected chi connectivity index (χ4v) is 5.50. The highest BCUT2D eigenvalue weighted by Gasteiger charge is 2.52. The molecule has 2 fully saturated rings. The number of carbonyl (C=O) groups excluding carboxylic acids is 2. The van der Waals surface area contributed by atoms with Gasteiger partial charge in [-0.3, -0.25) is 9.59 Å². The number of ketones is 1. The normalized spacial score (nSPS) is 31.2. The lowest BCUT2D eigenvalue weighted by atomic mass is 9.77. The van der Waals surface area contributed by atoms with Crippen LogP contribution < -0.4 is 0 Å². The van der Waals surface area contributed by atoms with E-state index in [0.717, 1.165) is 50.7 Å². The van der Waals surface area contributed by atoms with Crippen molar-refractivity contribution in [3.05, 3.63) is 46.7 Å². The maximum Gasteiger partial charge on any atom is 0.290 e. The number of amides is 1. The standard InChI is InChI=1S/C25H31NO4/c1-15(2)16-9-11-17(12-10-16)22-21-23(27)19-7-3-4-8-20(19)30-24(21)25(28)26(22)14-18-6-5-13-29-18/h9-12,15,18-20,22H,3-8,13-14H2,1-2H3. The monoisotopic (exact) mass is 409 g/mol. The first-order valence-electron chi connectivity index (χ1n) is 11.5. The molecule has 4 unspecified atom stereocenters. The lowest BCUT2D eigenvalue weighted by molar-refractivity contribution is -0.136. The number of hydrogen-bond acceptors (Lipinski definition) is 4. The van der Waals surface area contributed by atoms with Gasteiger partial charge in [0.05, 0.1) is 23.6 Å². The number of rotatable bonds is 4. The van der Waals surface area contributed by atoms with Gasteiger partial charge in [0.2, 0.25) is 0 Å². The molecule has 5 rings (SSSR count). The first kappa shape index (κ1) is 19.8. The minimum Gasteiger partial charge on any atom is -0.483 e. The molecule has 160 valence electrons. The third-order valence-corrected chi connectivity index (χ3v) is 7.20. The highest BCUT2D eigenvalue weighted by Crippen LogP contribution is 2.47. The van der Waals surface area contributed by atoms with E-state index in [4.69, 9.17) is 9.47 Å². The molecule has 0 bridgehead atoms. The average molecular weight is 410 g/mol. The largest absolute Gasteiger partial charge is 0.483 e. The van der Waals surface area contributed by atoms with Gasteiger partial charge in [-0.25, -0.2) is 0 Å². The molecule has 5 heteroatoms. The van der Waals surface area contributed by atoms with Crippen molar-refractivity contribution in [3.8, 4) is 0 Å². The van der Waals surface area contributed by atoms with Gasteiger partial charge in [0.15, 0.2) is 11.5 Å². The minimum atomic E-state index is -0.367. The Bertz CT molecular complexity index is 866. The molecule has 30 heavy (non-hydrogen) atoms. The van der Waals surface area contributed by atoms with Crippen LogP contribution in [0.4, 0.5) is 0 Å². The summed E-state index contributed by atoms with van der Waals surface area (Å²) < 4.78 is 12.1. The first-order valence-corrected chi connectivity index (χ1v) is 11.5. The van der Waals surface area contributed by atoms with E-state index in [0.29, 0.717) is 23.8 Å². The summed E-state index contributed by atoms with van der Waals surface area (Å²) in [5, 5.41) is 0. The number of benzene rings is 1. The Labute approximate surface area is 178 Å². The molecule has 1 aromatic rings. The average Bonchev–Trinajstić information content (AvgIpc) is 3.36. The van der Waals surface area contributed by atoms with E-state index >= 15 is 0 Å². The van der Waals surface area contributed by atoms with Gasteiger partial charge in [-0.15, -0.1) is 0 Å². The number of hydrogen-bond donors (Lipinski definition) is 0. The van der Waals surface area contributed by atoms with Gasteiger partial charge in [-0.05, 0) is 49.1 Å². The molecule has 0 N–H and O–H groups in total. The molecule has 1 amide bonds. The summed E-state index contributed by atoms with van der Waals surface area (Å²) in [7, 11) is 0. The van der Waals surface area contributed by atoms with E-state index in [1.165, 1.54) is 5.56 Å². The summed E-state index contributed by atoms with van der Waals surface area (Å²) in [6.45, 7) is 5.59. The molecular weight excluding hydrogens is 378 g/mol. The maximum absolute atomic E-state index is 13.6. The van der Waals surface area contributed by atoms with E-state index in [1.54, 1.807) is 0 Å². The Hall–Kier alpha value is -2.14. The van der Waals surface area contributed by atoms with Crippen LogP contribution in [0.25, 0.3) is 0 Å². The van der Waals surface area contributed by atoms with Crippen LogP contribution in [-0.4, -0.2) is 41.9 Å². The van der Waals surface area contributed by atoms with E-state index < -0.39 is 0 Å². The molecule has 3 heterocycles. The second-order valence-corrected chi connectivity index (χ2v) is 9.47. The fourth-order valence-electron chi connectivity index (χ4n) is 5.50. The zero-order chi connectivity index (χ0) is 20.8. The first-order chi connectivity index (χ1) is 14.5. The van der Waals surface area contributed by atoms with Crippen molar-refractivity contribution >= 4 is 11.7 Å². The Morgan fingerprint density at radius 2 is 1.80 bits per heavy atom. The molecular formula is C25H31NO4. The topological polar surface area (TPSA) is 55.8 Å². The third kappa shape index (κ3) is 3.27. The van der Waals surface area contributed by atoms with E-state index in [2.05, 4.69) is 38.1 Å². The lowest BCUT2D eigenvalue weighted by Gasteiger charge is -2.35. The molecule has 0 radical (unpaired) electrons. The van der Waals surface area contributed by atoms with Crippen LogP contribution in [-0.2, 0) is 19.1 Å². The van der Waals surface area contributed by atoms with Gasteiger partial charge < -0.3 is 14.4 Å². The zero-order valence-corrected chi connectivity index (χ0v) is 17.9. The summed E-state index contributed by atoms with van der Waals surface area (Å²) >= 11 is 0. The number of Topliss-reactive ketones (excluding diaryl/α,β-unsaturated/α-hetero) is 1. The van der Waals surface area contributed by atoms with Crippen molar-refractivity contribution in [1.82, 2.24) is 4.90 Å². The van der Waals surface area contributed by atoms with Crippen LogP contribution in [0.1, 0.15) is 75.5 Å². The smallest absolute Gasteiger partial charge is 0.290 e. The molecule has 1 saturated heterocycles. The van der Waals surface area contributed by atoms with Crippen LogP contribution in [0.2, 0.25) is 0 Å². The summed E-state index contributed by atoms with van der Waals surface area (Å²) in [5.41, 5.74) is 2.82. The predicted molar refractivity (Wildman–Crippen MR) is 113 cm³/mol. The second kappa shape index (κ2) is 7.84. The number of ether oxygens (including phenoxy) is 2. The summed E-state index contributed by atoms with van der Waals surface area (Å²) in [4.78, 5) is 28.9. The quantitative estimate of drug-likeness (QED) is 0.745. The van der Waals surface area contributed by atoms with Gasteiger partial charge >= 0.3 is 0 Å². The van der Waals surface area contributed by atoms with E-state index in [-0.39, 0.29) is 35.9 Å². The Balaban J connectivity index is 1.54. The lowest BCUT2D eigenvalue weighted by Crippen LogP contribution is -2.39. The molecule has 1 saturated carbocycles. The number of nitrogens with zero attached hydrogens (tertiary/aromatic N) is 1. The van der Waals surface area contributed by atoms with Crippen LogP contribution in [0.3, 0.4) is 0 Å². The van der Waals surface area contributed by atoms with E-state index in [1.807, 2.05) is 4.90 Å². The third-order valence-electron chi connectivity index (χ3n) is 7.20. The van der Waals surface area contributed by atoms with Crippen molar-refractivity contribution in [2.75, 3.05) is 13.2 Å². The van der Waals surface area contributed by atoms with Crippen molar-refractivity contribution in [1.29, 1.82) is 0 Å². The Kier molecular flexibility index (Phi) is 5.18.